The number of esters is 1. The molecule has 0 saturated carbocycles. The summed E-state index contributed by atoms with van der Waals surface area (Å²) < 4.78 is 17.1. The lowest BCUT2D eigenvalue weighted by Crippen LogP contribution is -2.19. The van der Waals surface area contributed by atoms with Gasteiger partial charge in [-0.25, -0.2) is 0 Å². The fraction of sp³-hybridized carbons (Fsp3) is 0.333. The molecule has 178 valence electrons. The van der Waals surface area contributed by atoms with Gasteiger partial charge in [-0.15, -0.1) is 24.8 Å². The molecule has 0 radical (unpaired) electrons. The van der Waals surface area contributed by atoms with Crippen LogP contribution in [0.2, 0.25) is 0 Å². The van der Waals surface area contributed by atoms with E-state index >= 15 is 0 Å². The summed E-state index contributed by atoms with van der Waals surface area (Å²) in [5.41, 5.74) is 7.19. The third-order valence-electron chi connectivity index (χ3n) is 5.51. The molecule has 1 fully saturated rings. The van der Waals surface area contributed by atoms with Crippen molar-refractivity contribution in [1.29, 1.82) is 5.41 Å². The van der Waals surface area contributed by atoms with Crippen LogP contribution < -0.4 is 15.8 Å². The van der Waals surface area contributed by atoms with Crippen LogP contribution in [0.5, 0.6) is 5.75 Å². The van der Waals surface area contributed by atoms with Crippen LogP contribution in [0.4, 0.5) is 0 Å². The number of amidine groups is 1. The van der Waals surface area contributed by atoms with Gasteiger partial charge >= 0.3 is 5.97 Å². The number of nitrogens with one attached hydrogen (secondary N) is 2. The van der Waals surface area contributed by atoms with Gasteiger partial charge in [0.1, 0.15) is 29.4 Å². The molecular formula is C24H29Cl2N3O4. The van der Waals surface area contributed by atoms with Crippen LogP contribution in [0.25, 0.3) is 10.8 Å². The smallest absolute Gasteiger partial charge is 0.317 e. The molecule has 7 nitrogen and oxygen atoms in total. The first kappa shape index (κ1) is 26.5. The Morgan fingerprint density at radius 3 is 2.64 bits per heavy atom. The molecule has 1 aromatic heterocycles. The van der Waals surface area contributed by atoms with E-state index in [0.29, 0.717) is 24.4 Å². The van der Waals surface area contributed by atoms with E-state index in [1.807, 2.05) is 30.3 Å². The van der Waals surface area contributed by atoms with E-state index in [9.17, 15) is 4.79 Å². The molecule has 1 saturated heterocycles. The molecule has 4 rings (SSSR count). The van der Waals surface area contributed by atoms with Gasteiger partial charge in [0, 0.05) is 22.9 Å². The summed E-state index contributed by atoms with van der Waals surface area (Å²) in [5.74, 6) is 0.465. The van der Waals surface area contributed by atoms with Crippen LogP contribution in [0.15, 0.2) is 53.1 Å². The van der Waals surface area contributed by atoms with Crippen molar-refractivity contribution in [2.45, 2.75) is 31.8 Å². The molecule has 2 atom stereocenters. The number of ether oxygens (including phenoxy) is 2. The second-order valence-electron chi connectivity index (χ2n) is 7.70. The number of nitrogens with two attached hydrogens (primary N) is 1. The Kier molecular flexibility index (Phi) is 9.58. The molecule has 1 aliphatic rings. The van der Waals surface area contributed by atoms with Crippen LogP contribution >= 0.6 is 24.8 Å². The molecule has 1 aliphatic heterocycles. The first-order valence-corrected chi connectivity index (χ1v) is 10.5. The molecule has 33 heavy (non-hydrogen) atoms. The topological polar surface area (TPSA) is 111 Å². The Morgan fingerprint density at radius 1 is 1.24 bits per heavy atom. The van der Waals surface area contributed by atoms with Gasteiger partial charge in [0.2, 0.25) is 0 Å². The molecule has 0 spiro atoms. The van der Waals surface area contributed by atoms with E-state index in [1.54, 1.807) is 25.3 Å². The number of benzene rings is 2. The van der Waals surface area contributed by atoms with Gasteiger partial charge in [-0.2, -0.15) is 0 Å². The average Bonchev–Trinajstić information content (AvgIpc) is 3.42. The van der Waals surface area contributed by atoms with Gasteiger partial charge in [0.15, 0.2) is 0 Å². The molecule has 2 heterocycles. The van der Waals surface area contributed by atoms with E-state index in [2.05, 4.69) is 5.32 Å². The van der Waals surface area contributed by atoms with Crippen molar-refractivity contribution in [3.63, 3.8) is 0 Å². The molecule has 4 N–H and O–H groups in total. The predicted molar refractivity (Wildman–Crippen MR) is 133 cm³/mol. The lowest BCUT2D eigenvalue weighted by Gasteiger charge is -2.16. The maximum absolute atomic E-state index is 12.8. The SMILES string of the molecule is CCOC(=O)C(Cc1ccc(O[C@H]2CCNC2)cc1)c1occ2cc(C(=N)N)ccc12.Cl.Cl. The van der Waals surface area contributed by atoms with E-state index in [0.717, 1.165) is 41.6 Å². The zero-order chi connectivity index (χ0) is 21.8. The van der Waals surface area contributed by atoms with Gasteiger partial charge in [0.05, 0.1) is 12.9 Å². The highest BCUT2D eigenvalue weighted by atomic mass is 35.5. The second-order valence-corrected chi connectivity index (χ2v) is 7.70. The minimum absolute atomic E-state index is 0. The minimum atomic E-state index is -0.577. The summed E-state index contributed by atoms with van der Waals surface area (Å²) >= 11 is 0. The predicted octanol–water partition coefficient (Wildman–Crippen LogP) is 4.19. The van der Waals surface area contributed by atoms with E-state index in [-0.39, 0.29) is 42.7 Å². The molecule has 1 unspecified atom stereocenters. The highest BCUT2D eigenvalue weighted by Gasteiger charge is 2.28. The maximum atomic E-state index is 12.8. The number of hydrogen-bond donors (Lipinski definition) is 3. The number of halogens is 2. The summed E-state index contributed by atoms with van der Waals surface area (Å²) in [6.45, 7) is 3.93. The van der Waals surface area contributed by atoms with Crippen LogP contribution in [-0.2, 0) is 16.0 Å². The van der Waals surface area contributed by atoms with Crippen molar-refractivity contribution >= 4 is 47.4 Å². The van der Waals surface area contributed by atoms with Gasteiger partial charge in [-0.3, -0.25) is 10.2 Å². The molecule has 0 aliphatic carbocycles. The fourth-order valence-electron chi connectivity index (χ4n) is 3.90. The standard InChI is InChI=1S/C24H27N3O4.2ClH/c1-2-29-24(28)21(22-20-8-5-16(23(25)26)12-17(20)14-30-22)11-15-3-6-18(7-4-15)31-19-9-10-27-13-19;;/h3-8,12,14,19,21,27H,2,9-11,13H2,1H3,(H3,25,26);2*1H/t19-,21?;;/m0../s1. The lowest BCUT2D eigenvalue weighted by molar-refractivity contribution is -0.145. The highest BCUT2D eigenvalue weighted by molar-refractivity contribution is 6.00. The van der Waals surface area contributed by atoms with Gasteiger partial charge < -0.3 is 24.9 Å². The summed E-state index contributed by atoms with van der Waals surface area (Å²) in [4.78, 5) is 12.8. The normalized spacial score (nSPS) is 15.8. The quantitative estimate of drug-likeness (QED) is 0.246. The van der Waals surface area contributed by atoms with Gasteiger partial charge in [-0.05, 0) is 50.1 Å². The molecule has 0 bridgehead atoms. The summed E-state index contributed by atoms with van der Waals surface area (Å²) in [6.07, 6.45) is 3.24. The van der Waals surface area contributed by atoms with Gasteiger partial charge in [-0.1, -0.05) is 24.3 Å². The van der Waals surface area contributed by atoms with Crippen molar-refractivity contribution in [1.82, 2.24) is 5.32 Å². The number of nitrogen functional groups attached to an aromatic ring is 1. The largest absolute Gasteiger partial charge is 0.489 e. The third kappa shape index (κ3) is 6.19. The molecule has 9 heteroatoms. The number of hydrogen-bond acceptors (Lipinski definition) is 6. The molecule has 0 amide bonds. The van der Waals surface area contributed by atoms with Crippen LogP contribution in [-0.4, -0.2) is 37.6 Å². The Balaban J connectivity index is 0.00000193. The van der Waals surface area contributed by atoms with Crippen molar-refractivity contribution in [2.24, 2.45) is 5.73 Å². The van der Waals surface area contributed by atoms with Crippen molar-refractivity contribution < 1.29 is 18.7 Å². The van der Waals surface area contributed by atoms with Crippen molar-refractivity contribution in [3.05, 3.63) is 65.6 Å². The molecule has 3 aromatic rings. The van der Waals surface area contributed by atoms with Crippen LogP contribution in [0.1, 0.15) is 36.1 Å². The van der Waals surface area contributed by atoms with Gasteiger partial charge in [0.25, 0.3) is 0 Å². The first-order chi connectivity index (χ1) is 15.0. The summed E-state index contributed by atoms with van der Waals surface area (Å²) in [5, 5.41) is 12.5. The fourth-order valence-corrected chi connectivity index (χ4v) is 3.90. The van der Waals surface area contributed by atoms with E-state index < -0.39 is 5.92 Å². The number of rotatable bonds is 8. The maximum Gasteiger partial charge on any atom is 0.317 e. The zero-order valence-electron chi connectivity index (χ0n) is 18.3. The summed E-state index contributed by atoms with van der Waals surface area (Å²) in [6, 6.07) is 13.2. The average molecular weight is 494 g/mol. The van der Waals surface area contributed by atoms with Crippen LogP contribution in [0, 0.1) is 5.41 Å². The second kappa shape index (κ2) is 11.9. The Hall–Kier alpha value is -2.74. The Bertz CT molecular complexity index is 1080. The first-order valence-electron chi connectivity index (χ1n) is 10.5. The Labute approximate surface area is 205 Å². The van der Waals surface area contributed by atoms with Crippen LogP contribution in [0.3, 0.4) is 0 Å². The number of furan rings is 1. The van der Waals surface area contributed by atoms with E-state index in [1.165, 1.54) is 0 Å². The minimum Gasteiger partial charge on any atom is -0.489 e. The van der Waals surface area contributed by atoms with Crippen molar-refractivity contribution in [2.75, 3.05) is 19.7 Å². The number of fused-ring (bicyclic) bond motifs is 1. The molecular weight excluding hydrogens is 465 g/mol. The highest BCUT2D eigenvalue weighted by Crippen LogP contribution is 2.32. The lowest BCUT2D eigenvalue weighted by atomic mass is 9.94. The number of carbonyl (C=O) groups is 1. The van der Waals surface area contributed by atoms with E-state index in [4.69, 9.17) is 25.0 Å². The number of carbonyl (C=O) groups excluding carboxylic acids is 1. The Morgan fingerprint density at radius 2 is 2.00 bits per heavy atom. The monoisotopic (exact) mass is 493 g/mol. The third-order valence-corrected chi connectivity index (χ3v) is 5.51. The van der Waals surface area contributed by atoms with Crippen molar-refractivity contribution in [3.8, 4) is 5.75 Å². The zero-order valence-corrected chi connectivity index (χ0v) is 20.0. The summed E-state index contributed by atoms with van der Waals surface area (Å²) in [7, 11) is 0. The molecule has 2 aromatic carbocycles.